The predicted octanol–water partition coefficient (Wildman–Crippen LogP) is 5.14. The first kappa shape index (κ1) is 26.8. The molecule has 0 amide bonds. The topological polar surface area (TPSA) is 74.6 Å². The van der Waals surface area contributed by atoms with Crippen molar-refractivity contribution in [2.45, 2.75) is 109 Å². The molecule has 164 valence electrons. The third kappa shape index (κ3) is 17.6. The van der Waals surface area contributed by atoms with Crippen LogP contribution in [-0.2, 0) is 10.1 Å². The van der Waals surface area contributed by atoms with Crippen molar-refractivity contribution < 1.29 is 22.6 Å². The van der Waals surface area contributed by atoms with Crippen molar-refractivity contribution in [2.75, 3.05) is 26.4 Å². The van der Waals surface area contributed by atoms with Gasteiger partial charge in [0.2, 0.25) is 0 Å². The number of hydrogen-bond donors (Lipinski definition) is 2. The summed E-state index contributed by atoms with van der Waals surface area (Å²) < 4.78 is 30.8. The van der Waals surface area contributed by atoms with Crippen LogP contribution in [0.2, 0.25) is 0 Å². The lowest BCUT2D eigenvalue weighted by atomic mass is 10.0. The Morgan fingerprint density at radius 1 is 0.741 bits per heavy atom. The molecule has 0 aromatic rings. The Morgan fingerprint density at radius 2 is 1.11 bits per heavy atom. The van der Waals surface area contributed by atoms with Crippen LogP contribution in [0.3, 0.4) is 0 Å². The minimum absolute atomic E-state index is 0.0738. The molecule has 1 atom stereocenters. The fourth-order valence-electron chi connectivity index (χ4n) is 3.47. The molecule has 0 aliphatic heterocycles. The molecule has 0 saturated carbocycles. The van der Waals surface area contributed by atoms with Gasteiger partial charge in [0.1, 0.15) is 0 Å². The second-order valence-corrected chi connectivity index (χ2v) is 10.2. The van der Waals surface area contributed by atoms with Crippen molar-refractivity contribution in [3.8, 4) is 0 Å². The van der Waals surface area contributed by atoms with E-state index in [1.54, 1.807) is 0 Å². The van der Waals surface area contributed by atoms with Gasteiger partial charge in [-0.25, -0.2) is 0 Å². The van der Waals surface area contributed by atoms with Gasteiger partial charge < -0.3 is 9.59 Å². The van der Waals surface area contributed by atoms with Crippen LogP contribution < -0.4 is 0 Å². The van der Waals surface area contributed by atoms with Crippen molar-refractivity contribution in [2.24, 2.45) is 0 Å². The summed E-state index contributed by atoms with van der Waals surface area (Å²) in [7, 11) is -0.172. The molecule has 0 spiro atoms. The average molecular weight is 409 g/mol. The maximum absolute atomic E-state index is 10.8. The van der Waals surface area contributed by atoms with Gasteiger partial charge in [-0.1, -0.05) is 84.0 Å². The van der Waals surface area contributed by atoms with Crippen LogP contribution in [0.15, 0.2) is 0 Å². The van der Waals surface area contributed by atoms with Crippen LogP contribution in [-0.4, -0.2) is 55.2 Å². The fraction of sp³-hybridized carbons (Fsp3) is 1.00. The average Bonchev–Trinajstić information content (AvgIpc) is 2.59. The zero-order valence-corrected chi connectivity index (χ0v) is 19.0. The van der Waals surface area contributed by atoms with E-state index in [-0.39, 0.29) is 12.2 Å². The van der Waals surface area contributed by atoms with Crippen LogP contribution in [0.25, 0.3) is 0 Å². The molecule has 0 rings (SSSR count). The van der Waals surface area contributed by atoms with Gasteiger partial charge >= 0.3 is 0 Å². The number of quaternary nitrogens is 1. The zero-order chi connectivity index (χ0) is 20.6. The Balaban J connectivity index is 3.49. The summed E-state index contributed by atoms with van der Waals surface area (Å²) in [6.45, 7) is 3.09. The first-order chi connectivity index (χ1) is 12.7. The number of aliphatic hydroxyl groups is 1. The number of unbranched alkanes of at least 4 members (excludes halogenated alkanes) is 13. The van der Waals surface area contributed by atoms with Crippen molar-refractivity contribution >= 4 is 10.1 Å². The van der Waals surface area contributed by atoms with E-state index < -0.39 is 16.3 Å². The van der Waals surface area contributed by atoms with Crippen molar-refractivity contribution in [1.82, 2.24) is 0 Å². The third-order valence-electron chi connectivity index (χ3n) is 5.53. The molecular weight excluding hydrogens is 362 g/mol. The first-order valence-electron chi connectivity index (χ1n) is 11.1. The van der Waals surface area contributed by atoms with Crippen LogP contribution in [0.4, 0.5) is 0 Å². The second kappa shape index (κ2) is 15.7. The molecule has 27 heavy (non-hydrogen) atoms. The van der Waals surface area contributed by atoms with Gasteiger partial charge in [0.25, 0.3) is 10.1 Å². The molecule has 0 aromatic carbocycles. The minimum atomic E-state index is -4.00. The maximum atomic E-state index is 10.8. The van der Waals surface area contributed by atoms with E-state index in [1.165, 1.54) is 77.0 Å². The lowest BCUT2D eigenvalue weighted by Crippen LogP contribution is -2.50. The van der Waals surface area contributed by atoms with Crippen molar-refractivity contribution in [3.63, 3.8) is 0 Å². The molecule has 0 heterocycles. The molecule has 0 aliphatic carbocycles. The largest absolute Gasteiger partial charge is 0.345 e. The summed E-state index contributed by atoms with van der Waals surface area (Å²) in [6, 6.07) is 0. The normalized spacial score (nSPS) is 13.8. The van der Waals surface area contributed by atoms with Crippen molar-refractivity contribution in [3.05, 3.63) is 0 Å². The van der Waals surface area contributed by atoms with E-state index in [0.29, 0.717) is 4.48 Å². The van der Waals surface area contributed by atoms with Gasteiger partial charge in [0.05, 0.1) is 26.4 Å². The Bertz CT molecular complexity index is 437. The molecule has 0 radical (unpaired) electrons. The van der Waals surface area contributed by atoms with Gasteiger partial charge in [-0.05, 0) is 12.8 Å². The van der Waals surface area contributed by atoms with Crippen molar-refractivity contribution in [1.29, 1.82) is 0 Å². The quantitative estimate of drug-likeness (QED) is 0.134. The SMILES string of the molecule is CCCCCCCCCCCCCCCC[N+](C)(C)C(O)CCS(=O)(=O)O. The Labute approximate surface area is 168 Å². The molecular formula is C21H46NO4S+. The van der Waals surface area contributed by atoms with Gasteiger partial charge in [-0.3, -0.25) is 4.55 Å². The molecule has 1 unspecified atom stereocenters. The first-order valence-corrected chi connectivity index (χ1v) is 12.8. The number of hydrogen-bond acceptors (Lipinski definition) is 3. The van der Waals surface area contributed by atoms with Gasteiger partial charge in [0.15, 0.2) is 6.23 Å². The standard InChI is InChI=1S/C21H45NO4S/c1-4-5-6-7-8-9-10-11-12-13-14-15-16-17-19-22(2,3)21(23)18-20-27(24,25)26/h21,23H,4-20H2,1-3H3/p+1. The number of nitrogens with zero attached hydrogens (tertiary/aromatic N) is 1. The lowest BCUT2D eigenvalue weighted by Gasteiger charge is -2.34. The molecule has 0 aliphatic rings. The summed E-state index contributed by atoms with van der Waals surface area (Å²) in [6.07, 6.45) is 17.8. The van der Waals surface area contributed by atoms with Gasteiger partial charge in [-0.2, -0.15) is 8.42 Å². The smallest absolute Gasteiger partial charge is 0.265 e. The predicted molar refractivity (Wildman–Crippen MR) is 114 cm³/mol. The Kier molecular flexibility index (Phi) is 15.6. The Morgan fingerprint density at radius 3 is 1.48 bits per heavy atom. The molecule has 0 fully saturated rings. The van der Waals surface area contributed by atoms with E-state index in [2.05, 4.69) is 6.92 Å². The summed E-state index contributed by atoms with van der Waals surface area (Å²) in [4.78, 5) is 0. The van der Waals surface area contributed by atoms with Crippen LogP contribution in [0.5, 0.6) is 0 Å². The number of aliphatic hydroxyl groups excluding tert-OH is 1. The van der Waals surface area contributed by atoms with E-state index in [1.807, 2.05) is 14.1 Å². The fourth-order valence-corrected chi connectivity index (χ4v) is 3.98. The van der Waals surface area contributed by atoms with E-state index in [4.69, 9.17) is 4.55 Å². The highest BCUT2D eigenvalue weighted by Gasteiger charge is 2.26. The molecule has 0 saturated heterocycles. The summed E-state index contributed by atoms with van der Waals surface area (Å²) >= 11 is 0. The monoisotopic (exact) mass is 408 g/mol. The van der Waals surface area contributed by atoms with Crippen LogP contribution in [0.1, 0.15) is 103 Å². The molecule has 5 nitrogen and oxygen atoms in total. The lowest BCUT2D eigenvalue weighted by molar-refractivity contribution is -0.937. The highest BCUT2D eigenvalue weighted by Crippen LogP contribution is 2.15. The van der Waals surface area contributed by atoms with Crippen LogP contribution >= 0.6 is 0 Å². The number of rotatable bonds is 19. The summed E-state index contributed by atoms with van der Waals surface area (Å²) in [5.74, 6) is -0.380. The highest BCUT2D eigenvalue weighted by molar-refractivity contribution is 7.85. The Hall–Kier alpha value is -0.170. The van der Waals surface area contributed by atoms with Gasteiger partial charge in [0, 0.05) is 6.42 Å². The van der Waals surface area contributed by atoms with E-state index >= 15 is 0 Å². The summed E-state index contributed by atoms with van der Waals surface area (Å²) in [5.41, 5.74) is 0. The molecule has 0 bridgehead atoms. The summed E-state index contributed by atoms with van der Waals surface area (Å²) in [5, 5.41) is 10.1. The van der Waals surface area contributed by atoms with Gasteiger partial charge in [-0.15, -0.1) is 0 Å². The zero-order valence-electron chi connectivity index (χ0n) is 18.2. The van der Waals surface area contributed by atoms with E-state index in [0.717, 1.165) is 19.4 Å². The third-order valence-corrected chi connectivity index (χ3v) is 6.28. The molecule has 6 heteroatoms. The second-order valence-electron chi connectivity index (χ2n) is 8.65. The van der Waals surface area contributed by atoms with E-state index in [9.17, 15) is 13.5 Å². The highest BCUT2D eigenvalue weighted by atomic mass is 32.2. The molecule has 2 N–H and O–H groups in total. The molecule has 0 aromatic heterocycles. The van der Waals surface area contributed by atoms with Crippen LogP contribution in [0, 0.1) is 0 Å². The minimum Gasteiger partial charge on any atom is -0.345 e. The maximum Gasteiger partial charge on any atom is 0.265 e.